The van der Waals surface area contributed by atoms with Gasteiger partial charge >= 0.3 is 0 Å². The Morgan fingerprint density at radius 2 is 1.79 bits per heavy atom. The van der Waals surface area contributed by atoms with E-state index in [1.807, 2.05) is 6.92 Å². The SMILES string of the molecule is CCC(C)c1ccccc1.CCCCC(CC)Cn1c(SCC)nc(O)cc1=O. The van der Waals surface area contributed by atoms with Crippen molar-refractivity contribution in [2.45, 2.75) is 84.3 Å². The minimum Gasteiger partial charge on any atom is -0.493 e. The van der Waals surface area contributed by atoms with E-state index in [-0.39, 0.29) is 11.4 Å². The van der Waals surface area contributed by atoms with Crippen LogP contribution in [0.2, 0.25) is 0 Å². The molecule has 0 bridgehead atoms. The van der Waals surface area contributed by atoms with E-state index in [4.69, 9.17) is 0 Å². The first-order valence-corrected chi connectivity index (χ1v) is 11.9. The fourth-order valence-electron chi connectivity index (χ4n) is 3.07. The highest BCUT2D eigenvalue weighted by molar-refractivity contribution is 7.99. The molecule has 2 aromatic rings. The molecule has 2 atom stereocenters. The molecule has 0 amide bonds. The average molecular weight is 419 g/mol. The topological polar surface area (TPSA) is 55.1 Å². The molecule has 0 spiro atoms. The monoisotopic (exact) mass is 418 g/mol. The van der Waals surface area contributed by atoms with Crippen LogP contribution in [-0.2, 0) is 6.54 Å². The lowest BCUT2D eigenvalue weighted by molar-refractivity contribution is 0.359. The smallest absolute Gasteiger partial charge is 0.257 e. The van der Waals surface area contributed by atoms with Gasteiger partial charge in [-0.1, -0.05) is 96.0 Å². The van der Waals surface area contributed by atoms with Gasteiger partial charge < -0.3 is 5.11 Å². The van der Waals surface area contributed by atoms with Crippen molar-refractivity contribution in [3.8, 4) is 5.88 Å². The third kappa shape index (κ3) is 9.07. The van der Waals surface area contributed by atoms with Crippen LogP contribution in [0.4, 0.5) is 0 Å². The van der Waals surface area contributed by atoms with Crippen LogP contribution < -0.4 is 5.56 Å². The molecule has 0 aliphatic heterocycles. The predicted octanol–water partition coefficient (Wildman–Crippen LogP) is 6.48. The fraction of sp³-hybridized carbons (Fsp3) is 0.583. The Balaban J connectivity index is 0.000000352. The molecule has 0 radical (unpaired) electrons. The number of unbranched alkanes of at least 4 members (excludes halogenated alkanes) is 1. The summed E-state index contributed by atoms with van der Waals surface area (Å²) >= 11 is 1.50. The summed E-state index contributed by atoms with van der Waals surface area (Å²) < 4.78 is 1.71. The molecule has 2 unspecified atom stereocenters. The van der Waals surface area contributed by atoms with Crippen molar-refractivity contribution in [1.82, 2.24) is 9.55 Å². The van der Waals surface area contributed by atoms with Gasteiger partial charge in [-0.25, -0.2) is 0 Å². The number of hydrogen-bond acceptors (Lipinski definition) is 4. The molecule has 4 nitrogen and oxygen atoms in total. The molecule has 162 valence electrons. The standard InChI is InChI=1S/C14H24N2O2S.C10H14/c1-4-7-8-11(5-2)10-16-13(18)9-12(17)15-14(16)19-6-3;1-3-9(2)10-7-5-4-6-8-10/h9,11,17H,4-8,10H2,1-3H3;4-9H,3H2,1-2H3. The van der Waals surface area contributed by atoms with Gasteiger partial charge in [0, 0.05) is 6.54 Å². The van der Waals surface area contributed by atoms with Crippen molar-refractivity contribution in [2.24, 2.45) is 5.92 Å². The molecule has 1 N–H and O–H groups in total. The zero-order valence-electron chi connectivity index (χ0n) is 18.7. The third-order valence-corrected chi connectivity index (χ3v) is 6.06. The van der Waals surface area contributed by atoms with Gasteiger partial charge in [0.15, 0.2) is 5.16 Å². The molecule has 5 heteroatoms. The maximum absolute atomic E-state index is 12.0. The third-order valence-electron chi connectivity index (χ3n) is 5.20. The number of aromatic nitrogens is 2. The molecule has 0 saturated carbocycles. The Hall–Kier alpha value is -1.75. The fourth-order valence-corrected chi connectivity index (χ4v) is 3.81. The van der Waals surface area contributed by atoms with Crippen molar-refractivity contribution in [3.63, 3.8) is 0 Å². The van der Waals surface area contributed by atoms with Crippen LogP contribution in [-0.4, -0.2) is 20.4 Å². The highest BCUT2D eigenvalue weighted by Gasteiger charge is 2.13. The highest BCUT2D eigenvalue weighted by atomic mass is 32.2. The Kier molecular flexibility index (Phi) is 12.4. The molecule has 2 rings (SSSR count). The van der Waals surface area contributed by atoms with Crippen LogP contribution in [0, 0.1) is 5.92 Å². The van der Waals surface area contributed by atoms with E-state index in [9.17, 15) is 9.90 Å². The summed E-state index contributed by atoms with van der Waals surface area (Å²) in [6.07, 6.45) is 5.79. The summed E-state index contributed by atoms with van der Waals surface area (Å²) in [5, 5.41) is 10.1. The molecule has 0 fully saturated rings. The van der Waals surface area contributed by atoms with E-state index < -0.39 is 0 Å². The van der Waals surface area contributed by atoms with Crippen molar-refractivity contribution < 1.29 is 5.11 Å². The van der Waals surface area contributed by atoms with Gasteiger partial charge in [-0.2, -0.15) is 4.98 Å². The van der Waals surface area contributed by atoms with E-state index in [1.54, 1.807) is 4.57 Å². The number of nitrogens with zero attached hydrogens (tertiary/aromatic N) is 2. The Morgan fingerprint density at radius 3 is 2.34 bits per heavy atom. The van der Waals surface area contributed by atoms with Crippen LogP contribution in [0.1, 0.15) is 78.2 Å². The van der Waals surface area contributed by atoms with E-state index in [0.717, 1.165) is 18.6 Å². The lowest BCUT2D eigenvalue weighted by Crippen LogP contribution is -2.25. The van der Waals surface area contributed by atoms with Gasteiger partial charge in [0.25, 0.3) is 5.56 Å². The summed E-state index contributed by atoms with van der Waals surface area (Å²) in [6.45, 7) is 11.5. The maximum atomic E-state index is 12.0. The van der Waals surface area contributed by atoms with Gasteiger partial charge in [-0.15, -0.1) is 0 Å². The van der Waals surface area contributed by atoms with Gasteiger partial charge in [0.2, 0.25) is 5.88 Å². The number of aromatic hydroxyl groups is 1. The minimum absolute atomic E-state index is 0.154. The lowest BCUT2D eigenvalue weighted by atomic mass is 9.99. The quantitative estimate of drug-likeness (QED) is 0.354. The number of thioether (sulfide) groups is 1. The Labute approximate surface area is 180 Å². The molecule has 29 heavy (non-hydrogen) atoms. The number of benzene rings is 1. The Bertz CT molecular complexity index is 746. The van der Waals surface area contributed by atoms with Crippen LogP contribution >= 0.6 is 11.8 Å². The second kappa shape index (κ2) is 14.3. The van der Waals surface area contributed by atoms with Crippen molar-refractivity contribution in [1.29, 1.82) is 0 Å². The summed E-state index contributed by atoms with van der Waals surface area (Å²) in [6, 6.07) is 11.8. The summed E-state index contributed by atoms with van der Waals surface area (Å²) in [5.74, 6) is 1.86. The second-order valence-corrected chi connectivity index (χ2v) is 8.65. The molecule has 1 aromatic heterocycles. The van der Waals surface area contributed by atoms with Crippen LogP contribution in [0.15, 0.2) is 46.3 Å². The predicted molar refractivity (Wildman–Crippen MR) is 125 cm³/mol. The van der Waals surface area contributed by atoms with Crippen LogP contribution in [0.5, 0.6) is 5.88 Å². The molecular formula is C24H38N2O2S. The number of hydrogen-bond donors (Lipinski definition) is 1. The summed E-state index contributed by atoms with van der Waals surface area (Å²) in [5.41, 5.74) is 1.29. The minimum atomic E-state index is -0.182. The highest BCUT2D eigenvalue weighted by Crippen LogP contribution is 2.20. The summed E-state index contributed by atoms with van der Waals surface area (Å²) in [4.78, 5) is 16.1. The number of rotatable bonds is 10. The first kappa shape index (κ1) is 25.3. The second-order valence-electron chi connectivity index (χ2n) is 7.42. The lowest BCUT2D eigenvalue weighted by Gasteiger charge is -2.18. The van der Waals surface area contributed by atoms with Crippen LogP contribution in [0.25, 0.3) is 0 Å². The molecule has 1 heterocycles. The van der Waals surface area contributed by atoms with Gasteiger partial charge in [-0.3, -0.25) is 9.36 Å². The van der Waals surface area contributed by atoms with Crippen molar-refractivity contribution in [2.75, 3.05) is 5.75 Å². The molecule has 1 aromatic carbocycles. The first-order valence-electron chi connectivity index (χ1n) is 10.9. The van der Waals surface area contributed by atoms with E-state index in [2.05, 4.69) is 63.0 Å². The van der Waals surface area contributed by atoms with Gasteiger partial charge in [0.1, 0.15) is 0 Å². The first-order chi connectivity index (χ1) is 14.0. The summed E-state index contributed by atoms with van der Waals surface area (Å²) in [7, 11) is 0. The zero-order valence-corrected chi connectivity index (χ0v) is 19.5. The molecular weight excluding hydrogens is 380 g/mol. The maximum Gasteiger partial charge on any atom is 0.257 e. The molecule has 0 aliphatic carbocycles. The molecule has 0 saturated heterocycles. The molecule has 0 aliphatic rings. The van der Waals surface area contributed by atoms with Crippen molar-refractivity contribution in [3.05, 3.63) is 52.3 Å². The van der Waals surface area contributed by atoms with Gasteiger partial charge in [-0.05, 0) is 36.0 Å². The van der Waals surface area contributed by atoms with Gasteiger partial charge in [0.05, 0.1) is 6.07 Å². The zero-order chi connectivity index (χ0) is 21.6. The Morgan fingerprint density at radius 1 is 1.10 bits per heavy atom. The van der Waals surface area contributed by atoms with Crippen molar-refractivity contribution >= 4 is 11.8 Å². The average Bonchev–Trinajstić information content (AvgIpc) is 2.73. The van der Waals surface area contributed by atoms with E-state index in [0.29, 0.717) is 23.5 Å². The van der Waals surface area contributed by atoms with E-state index in [1.165, 1.54) is 42.7 Å². The van der Waals surface area contributed by atoms with E-state index >= 15 is 0 Å². The normalized spacial score (nSPS) is 12.7. The van der Waals surface area contributed by atoms with Crippen LogP contribution in [0.3, 0.4) is 0 Å². The largest absolute Gasteiger partial charge is 0.493 e.